The number of benzene rings is 4. The van der Waals surface area contributed by atoms with E-state index in [1.165, 1.54) is 22.3 Å². The van der Waals surface area contributed by atoms with Crippen molar-refractivity contribution in [3.63, 3.8) is 0 Å². The van der Waals surface area contributed by atoms with Crippen LogP contribution in [0.15, 0.2) is 97.1 Å². The summed E-state index contributed by atoms with van der Waals surface area (Å²) >= 11 is 0. The molecule has 35 heavy (non-hydrogen) atoms. The Kier molecular flexibility index (Phi) is 4.93. The lowest BCUT2D eigenvalue weighted by Gasteiger charge is -2.33. The standard InChI is InChI=1S/C33H28O2/c1-33(2,29-13-5-3-9-25(29)23-17-19-27-21(23)11-7-15-31(27)34)30-14-6-4-10-26(30)24-18-20-28-22(24)12-8-16-32(28)35/h3-20,23-24,34-35H,1-2H3. The first kappa shape index (κ1) is 21.5. The number of fused-ring (bicyclic) bond motifs is 2. The van der Waals surface area contributed by atoms with Crippen molar-refractivity contribution in [2.75, 3.05) is 0 Å². The SMILES string of the molecule is CC(C)(c1ccccc1C1C=Cc2c(O)cccc21)c1ccccc1C1C=Cc2c(O)cccc21. The van der Waals surface area contributed by atoms with Gasteiger partial charge < -0.3 is 10.2 Å². The van der Waals surface area contributed by atoms with Crippen LogP contribution in [0, 0.1) is 0 Å². The molecule has 172 valence electrons. The van der Waals surface area contributed by atoms with E-state index in [1.807, 2.05) is 24.3 Å². The smallest absolute Gasteiger partial charge is 0.123 e. The van der Waals surface area contributed by atoms with E-state index in [4.69, 9.17) is 0 Å². The van der Waals surface area contributed by atoms with E-state index in [1.54, 1.807) is 12.1 Å². The minimum Gasteiger partial charge on any atom is -0.507 e. The molecule has 0 heterocycles. The molecule has 2 aliphatic rings. The Morgan fingerprint density at radius 3 is 1.37 bits per heavy atom. The summed E-state index contributed by atoms with van der Waals surface area (Å²) < 4.78 is 0. The molecule has 0 saturated heterocycles. The van der Waals surface area contributed by atoms with Crippen LogP contribution in [-0.4, -0.2) is 10.2 Å². The molecule has 2 N–H and O–H groups in total. The highest BCUT2D eigenvalue weighted by Crippen LogP contribution is 2.47. The minimum atomic E-state index is -0.270. The number of rotatable bonds is 4. The molecule has 0 aliphatic heterocycles. The molecule has 2 heteroatoms. The Labute approximate surface area is 206 Å². The molecule has 0 aromatic heterocycles. The van der Waals surface area contributed by atoms with Crippen molar-refractivity contribution in [1.29, 1.82) is 0 Å². The lowest BCUT2D eigenvalue weighted by molar-refractivity contribution is 0.473. The lowest BCUT2D eigenvalue weighted by Crippen LogP contribution is -2.24. The van der Waals surface area contributed by atoms with Gasteiger partial charge in [-0.2, -0.15) is 0 Å². The van der Waals surface area contributed by atoms with E-state index >= 15 is 0 Å². The molecule has 4 aromatic rings. The van der Waals surface area contributed by atoms with Gasteiger partial charge in [-0.1, -0.05) is 111 Å². The second kappa shape index (κ2) is 8.02. The maximum atomic E-state index is 10.4. The third kappa shape index (κ3) is 3.32. The highest BCUT2D eigenvalue weighted by Gasteiger charge is 2.34. The highest BCUT2D eigenvalue weighted by molar-refractivity contribution is 5.72. The van der Waals surface area contributed by atoms with E-state index in [9.17, 15) is 10.2 Å². The molecular weight excluding hydrogens is 428 g/mol. The minimum absolute atomic E-state index is 0.101. The maximum Gasteiger partial charge on any atom is 0.123 e. The van der Waals surface area contributed by atoms with Gasteiger partial charge in [-0.05, 0) is 45.5 Å². The maximum absolute atomic E-state index is 10.4. The van der Waals surface area contributed by atoms with E-state index in [2.05, 4.69) is 86.7 Å². The molecule has 4 aromatic carbocycles. The summed E-state index contributed by atoms with van der Waals surface area (Å²) in [6.45, 7) is 4.60. The lowest BCUT2D eigenvalue weighted by atomic mass is 9.70. The fourth-order valence-corrected chi connectivity index (χ4v) is 6.00. The Hall–Kier alpha value is -4.04. The van der Waals surface area contributed by atoms with E-state index in [0.29, 0.717) is 11.5 Å². The topological polar surface area (TPSA) is 40.5 Å². The van der Waals surface area contributed by atoms with Crippen LogP contribution in [0.3, 0.4) is 0 Å². The Balaban J connectivity index is 1.48. The monoisotopic (exact) mass is 456 g/mol. The van der Waals surface area contributed by atoms with Gasteiger partial charge in [0.1, 0.15) is 11.5 Å². The van der Waals surface area contributed by atoms with Gasteiger partial charge >= 0.3 is 0 Å². The molecule has 0 spiro atoms. The predicted octanol–water partition coefficient (Wildman–Crippen LogP) is 7.74. The molecule has 0 amide bonds. The van der Waals surface area contributed by atoms with Gasteiger partial charge in [-0.25, -0.2) is 0 Å². The van der Waals surface area contributed by atoms with Crippen LogP contribution >= 0.6 is 0 Å². The van der Waals surface area contributed by atoms with Crippen LogP contribution in [0.1, 0.15) is 70.2 Å². The molecule has 2 unspecified atom stereocenters. The third-order valence-electron chi connectivity index (χ3n) is 7.75. The predicted molar refractivity (Wildman–Crippen MR) is 143 cm³/mol. The van der Waals surface area contributed by atoms with Crippen molar-refractivity contribution in [3.8, 4) is 11.5 Å². The van der Waals surface area contributed by atoms with Crippen LogP contribution in [0.5, 0.6) is 11.5 Å². The van der Waals surface area contributed by atoms with Crippen LogP contribution in [0.2, 0.25) is 0 Å². The zero-order valence-electron chi connectivity index (χ0n) is 19.9. The fourth-order valence-electron chi connectivity index (χ4n) is 6.00. The van der Waals surface area contributed by atoms with E-state index in [-0.39, 0.29) is 17.3 Å². The highest BCUT2D eigenvalue weighted by atomic mass is 16.3. The first-order chi connectivity index (χ1) is 17.0. The number of hydrogen-bond donors (Lipinski definition) is 2. The summed E-state index contributed by atoms with van der Waals surface area (Å²) in [6, 6.07) is 29.0. The summed E-state index contributed by atoms with van der Waals surface area (Å²) in [6.07, 6.45) is 8.48. The second-order valence-electron chi connectivity index (χ2n) is 10.0. The van der Waals surface area contributed by atoms with Crippen molar-refractivity contribution >= 4 is 12.2 Å². The molecule has 0 radical (unpaired) electrons. The zero-order valence-corrected chi connectivity index (χ0v) is 19.9. The molecule has 2 nitrogen and oxygen atoms in total. The number of phenolic OH excluding ortho intramolecular Hbond substituents is 2. The number of aromatic hydroxyl groups is 2. The fraction of sp³-hybridized carbons (Fsp3) is 0.152. The summed E-state index contributed by atoms with van der Waals surface area (Å²) in [5.74, 6) is 0.865. The van der Waals surface area contributed by atoms with Crippen molar-refractivity contribution in [2.24, 2.45) is 0 Å². The molecule has 2 aliphatic carbocycles. The van der Waals surface area contributed by atoms with Crippen LogP contribution in [0.25, 0.3) is 12.2 Å². The van der Waals surface area contributed by atoms with Gasteiger partial charge in [-0.15, -0.1) is 0 Å². The first-order valence-corrected chi connectivity index (χ1v) is 12.2. The Morgan fingerprint density at radius 2 is 0.914 bits per heavy atom. The Morgan fingerprint density at radius 1 is 0.514 bits per heavy atom. The summed E-state index contributed by atoms with van der Waals surface area (Å²) in [5, 5.41) is 20.8. The second-order valence-corrected chi connectivity index (χ2v) is 10.0. The van der Waals surface area contributed by atoms with Crippen molar-refractivity contribution in [1.82, 2.24) is 0 Å². The average Bonchev–Trinajstić information content (AvgIpc) is 3.50. The van der Waals surface area contributed by atoms with Crippen LogP contribution in [-0.2, 0) is 5.41 Å². The largest absolute Gasteiger partial charge is 0.507 e. The van der Waals surface area contributed by atoms with Crippen LogP contribution < -0.4 is 0 Å². The Bertz CT molecular complexity index is 1390. The van der Waals surface area contributed by atoms with Crippen molar-refractivity contribution < 1.29 is 10.2 Å². The molecule has 2 atom stereocenters. The molecule has 0 fully saturated rings. The average molecular weight is 457 g/mol. The van der Waals surface area contributed by atoms with E-state index in [0.717, 1.165) is 22.3 Å². The van der Waals surface area contributed by atoms with Crippen molar-refractivity contribution in [3.05, 3.63) is 142 Å². The quantitative estimate of drug-likeness (QED) is 0.330. The van der Waals surface area contributed by atoms with E-state index < -0.39 is 0 Å². The zero-order chi connectivity index (χ0) is 24.2. The van der Waals surface area contributed by atoms with Crippen LogP contribution in [0.4, 0.5) is 0 Å². The third-order valence-corrected chi connectivity index (χ3v) is 7.75. The molecule has 6 rings (SSSR count). The van der Waals surface area contributed by atoms with Gasteiger partial charge in [0, 0.05) is 28.4 Å². The van der Waals surface area contributed by atoms with Crippen molar-refractivity contribution in [2.45, 2.75) is 31.1 Å². The molecule has 0 bridgehead atoms. The van der Waals surface area contributed by atoms with Gasteiger partial charge in [-0.3, -0.25) is 0 Å². The summed E-state index contributed by atoms with van der Waals surface area (Å²) in [4.78, 5) is 0. The first-order valence-electron chi connectivity index (χ1n) is 12.2. The number of hydrogen-bond acceptors (Lipinski definition) is 2. The summed E-state index contributed by atoms with van der Waals surface area (Å²) in [5.41, 5.74) is 8.91. The molecule has 0 saturated carbocycles. The molecular formula is C33H28O2. The number of phenols is 2. The van der Waals surface area contributed by atoms with Gasteiger partial charge in [0.25, 0.3) is 0 Å². The van der Waals surface area contributed by atoms with Gasteiger partial charge in [0.2, 0.25) is 0 Å². The number of allylic oxidation sites excluding steroid dienone is 2. The van der Waals surface area contributed by atoms with Gasteiger partial charge in [0.15, 0.2) is 0 Å². The normalized spacial score (nSPS) is 18.0. The summed E-state index contributed by atoms with van der Waals surface area (Å²) in [7, 11) is 0. The van der Waals surface area contributed by atoms with Gasteiger partial charge in [0.05, 0.1) is 0 Å².